The van der Waals surface area contributed by atoms with Crippen LogP contribution in [0.3, 0.4) is 0 Å². The monoisotopic (exact) mass is 504 g/mol. The van der Waals surface area contributed by atoms with Gasteiger partial charge in [0.2, 0.25) is 5.91 Å². The Morgan fingerprint density at radius 3 is 2.22 bits per heavy atom. The molecule has 3 aromatic rings. The molecule has 1 saturated heterocycles. The van der Waals surface area contributed by atoms with E-state index in [2.05, 4.69) is 10.2 Å². The van der Waals surface area contributed by atoms with Crippen molar-refractivity contribution in [2.75, 3.05) is 50.1 Å². The van der Waals surface area contributed by atoms with Crippen LogP contribution in [0.1, 0.15) is 34.8 Å². The third-order valence-corrected chi connectivity index (χ3v) is 6.35. The Labute approximate surface area is 216 Å². The number of rotatable bonds is 8. The lowest BCUT2D eigenvalue weighted by molar-refractivity contribution is -0.117. The third kappa shape index (κ3) is 6.30. The van der Waals surface area contributed by atoms with Gasteiger partial charge in [-0.15, -0.1) is 0 Å². The van der Waals surface area contributed by atoms with Crippen molar-refractivity contribution >= 4 is 29.1 Å². The molecule has 4 rings (SSSR count). The first-order chi connectivity index (χ1) is 17.9. The lowest BCUT2D eigenvalue weighted by atomic mass is 10.1. The summed E-state index contributed by atoms with van der Waals surface area (Å²) < 4.78 is 10.4. The maximum atomic E-state index is 12.8. The normalized spacial score (nSPS) is 13.4. The minimum absolute atomic E-state index is 0.0151. The second-order valence-electron chi connectivity index (χ2n) is 9.11. The van der Waals surface area contributed by atoms with Crippen LogP contribution < -0.4 is 15.0 Å². The van der Waals surface area contributed by atoms with Crippen molar-refractivity contribution in [1.82, 2.24) is 9.80 Å². The van der Waals surface area contributed by atoms with Gasteiger partial charge in [0.15, 0.2) is 5.76 Å². The second kappa shape index (κ2) is 11.6. The first-order valence-electron chi connectivity index (χ1n) is 12.3. The average molecular weight is 505 g/mol. The largest absolute Gasteiger partial charge is 0.497 e. The summed E-state index contributed by atoms with van der Waals surface area (Å²) in [4.78, 5) is 43.6. The molecule has 1 aliphatic rings. The van der Waals surface area contributed by atoms with Gasteiger partial charge in [-0.3, -0.25) is 14.4 Å². The Balaban J connectivity index is 1.29. The number of anilines is 2. The molecule has 0 radical (unpaired) electrons. The molecule has 1 aromatic heterocycles. The van der Waals surface area contributed by atoms with Crippen molar-refractivity contribution in [3.8, 4) is 5.75 Å². The zero-order valence-corrected chi connectivity index (χ0v) is 21.3. The van der Waals surface area contributed by atoms with Gasteiger partial charge >= 0.3 is 0 Å². The number of hydrogen-bond donors (Lipinski definition) is 1. The van der Waals surface area contributed by atoms with Crippen molar-refractivity contribution in [3.63, 3.8) is 0 Å². The molecule has 37 heavy (non-hydrogen) atoms. The molecule has 9 heteroatoms. The Kier molecular flexibility index (Phi) is 8.12. The van der Waals surface area contributed by atoms with Crippen LogP contribution in [0.4, 0.5) is 11.4 Å². The molecule has 0 aliphatic carbocycles. The molecule has 3 amide bonds. The molecule has 0 spiro atoms. The highest BCUT2D eigenvalue weighted by atomic mass is 16.5. The molecule has 9 nitrogen and oxygen atoms in total. The Morgan fingerprint density at radius 1 is 0.973 bits per heavy atom. The lowest BCUT2D eigenvalue weighted by Gasteiger charge is -2.36. The van der Waals surface area contributed by atoms with E-state index in [4.69, 9.17) is 9.15 Å². The Hall–Kier alpha value is -4.27. The smallest absolute Gasteiger partial charge is 0.290 e. The van der Waals surface area contributed by atoms with E-state index in [-0.39, 0.29) is 36.1 Å². The molecule has 2 aromatic carbocycles. The van der Waals surface area contributed by atoms with Gasteiger partial charge in [-0.1, -0.05) is 0 Å². The minimum Gasteiger partial charge on any atom is -0.497 e. The zero-order valence-electron chi connectivity index (χ0n) is 21.3. The highest BCUT2D eigenvalue weighted by molar-refractivity contribution is 5.98. The predicted octanol–water partition coefficient (Wildman–Crippen LogP) is 3.74. The summed E-state index contributed by atoms with van der Waals surface area (Å²) in [5.41, 5.74) is 2.32. The van der Waals surface area contributed by atoms with E-state index in [0.717, 1.165) is 11.4 Å². The van der Waals surface area contributed by atoms with E-state index in [1.165, 1.54) is 11.2 Å². The lowest BCUT2D eigenvalue weighted by Crippen LogP contribution is -2.48. The molecule has 194 valence electrons. The third-order valence-electron chi connectivity index (χ3n) is 6.35. The van der Waals surface area contributed by atoms with Crippen LogP contribution >= 0.6 is 0 Å². The van der Waals surface area contributed by atoms with Crippen LogP contribution in [0.15, 0.2) is 71.3 Å². The Morgan fingerprint density at radius 2 is 1.65 bits per heavy atom. The fourth-order valence-electron chi connectivity index (χ4n) is 4.23. The number of amides is 3. The van der Waals surface area contributed by atoms with Gasteiger partial charge < -0.3 is 29.2 Å². The highest BCUT2D eigenvalue weighted by Gasteiger charge is 2.24. The average Bonchev–Trinajstić information content (AvgIpc) is 3.47. The van der Waals surface area contributed by atoms with Crippen molar-refractivity contribution in [3.05, 3.63) is 78.3 Å². The molecule has 0 bridgehead atoms. The molecule has 0 atom stereocenters. The summed E-state index contributed by atoms with van der Waals surface area (Å²) in [6.07, 6.45) is 1.44. The van der Waals surface area contributed by atoms with Gasteiger partial charge in [-0.05, 0) is 74.5 Å². The standard InChI is InChI=1S/C28H32N4O5/c1-20(2)32(28(35)25-5-4-18-37-25)19-26(33)29-22-8-10-23(11-9-22)30-14-16-31(17-15-30)27(34)21-6-12-24(36-3)13-7-21/h4-13,18,20H,14-17,19H2,1-3H3,(H,29,33). The van der Waals surface area contributed by atoms with Gasteiger partial charge in [0.1, 0.15) is 12.3 Å². The van der Waals surface area contributed by atoms with Crippen molar-refractivity contribution in [2.24, 2.45) is 0 Å². The molecular weight excluding hydrogens is 472 g/mol. The fourth-order valence-corrected chi connectivity index (χ4v) is 4.23. The van der Waals surface area contributed by atoms with Crippen LogP contribution in [-0.2, 0) is 4.79 Å². The number of carbonyl (C=O) groups is 3. The van der Waals surface area contributed by atoms with Crippen LogP contribution in [0.5, 0.6) is 5.75 Å². The summed E-state index contributed by atoms with van der Waals surface area (Å²) >= 11 is 0. The van der Waals surface area contributed by atoms with E-state index in [1.807, 2.05) is 43.0 Å². The summed E-state index contributed by atoms with van der Waals surface area (Å²) in [5.74, 6) is 0.334. The van der Waals surface area contributed by atoms with Crippen molar-refractivity contribution in [2.45, 2.75) is 19.9 Å². The molecule has 0 unspecified atom stereocenters. The maximum absolute atomic E-state index is 12.8. The van der Waals surface area contributed by atoms with E-state index < -0.39 is 0 Å². The number of hydrogen-bond acceptors (Lipinski definition) is 6. The van der Waals surface area contributed by atoms with Gasteiger partial charge in [-0.25, -0.2) is 0 Å². The first-order valence-corrected chi connectivity index (χ1v) is 12.3. The van der Waals surface area contributed by atoms with Gasteiger partial charge in [0.25, 0.3) is 11.8 Å². The van der Waals surface area contributed by atoms with Crippen LogP contribution in [0.25, 0.3) is 0 Å². The molecule has 1 N–H and O–H groups in total. The number of piperazine rings is 1. The maximum Gasteiger partial charge on any atom is 0.290 e. The van der Waals surface area contributed by atoms with E-state index >= 15 is 0 Å². The van der Waals surface area contributed by atoms with E-state index in [1.54, 1.807) is 43.5 Å². The molecule has 1 aliphatic heterocycles. The molecular formula is C28H32N4O5. The molecule has 1 fully saturated rings. The fraction of sp³-hybridized carbons (Fsp3) is 0.321. The van der Waals surface area contributed by atoms with Crippen molar-refractivity contribution < 1.29 is 23.5 Å². The topological polar surface area (TPSA) is 95.3 Å². The SMILES string of the molecule is COc1ccc(C(=O)N2CCN(c3ccc(NC(=O)CN(C(=O)c4ccco4)C(C)C)cc3)CC2)cc1. The number of ether oxygens (including phenoxy) is 1. The predicted molar refractivity (Wildman–Crippen MR) is 141 cm³/mol. The first kappa shape index (κ1) is 25.8. The molecule has 0 saturated carbocycles. The van der Waals surface area contributed by atoms with Crippen LogP contribution in [0, 0.1) is 0 Å². The summed E-state index contributed by atoms with van der Waals surface area (Å²) in [7, 11) is 1.60. The number of methoxy groups -OCH3 is 1. The van der Waals surface area contributed by atoms with Gasteiger partial charge in [0, 0.05) is 49.2 Å². The summed E-state index contributed by atoms with van der Waals surface area (Å²) in [5, 5.41) is 2.86. The quantitative estimate of drug-likeness (QED) is 0.502. The van der Waals surface area contributed by atoms with Gasteiger partial charge in [-0.2, -0.15) is 0 Å². The highest BCUT2D eigenvalue weighted by Crippen LogP contribution is 2.21. The zero-order chi connectivity index (χ0) is 26.4. The van der Waals surface area contributed by atoms with Crippen molar-refractivity contribution in [1.29, 1.82) is 0 Å². The number of benzene rings is 2. The molecule has 2 heterocycles. The summed E-state index contributed by atoms with van der Waals surface area (Å²) in [6.45, 7) is 6.30. The second-order valence-corrected chi connectivity index (χ2v) is 9.11. The number of carbonyl (C=O) groups excluding carboxylic acids is 3. The Bertz CT molecular complexity index is 1200. The van der Waals surface area contributed by atoms with Gasteiger partial charge in [0.05, 0.1) is 13.4 Å². The van der Waals surface area contributed by atoms with Crippen LogP contribution in [-0.4, -0.2) is 73.4 Å². The number of nitrogens with one attached hydrogen (secondary N) is 1. The minimum atomic E-state index is -0.324. The van der Waals surface area contributed by atoms with Crippen LogP contribution in [0.2, 0.25) is 0 Å². The number of nitrogens with zero attached hydrogens (tertiary/aromatic N) is 3. The van der Waals surface area contributed by atoms with E-state index in [0.29, 0.717) is 37.4 Å². The number of furan rings is 1. The summed E-state index contributed by atoms with van der Waals surface area (Å²) in [6, 6.07) is 17.8. The van der Waals surface area contributed by atoms with E-state index in [9.17, 15) is 14.4 Å².